The summed E-state index contributed by atoms with van der Waals surface area (Å²) >= 11 is 0. The van der Waals surface area contributed by atoms with Crippen molar-refractivity contribution in [1.82, 2.24) is 4.90 Å². The zero-order chi connectivity index (χ0) is 21.1. The van der Waals surface area contributed by atoms with E-state index in [0.29, 0.717) is 18.7 Å². The molecule has 1 aliphatic rings. The number of hydrogen-bond acceptors (Lipinski definition) is 3. The summed E-state index contributed by atoms with van der Waals surface area (Å²) in [5.41, 5.74) is 2.76. The molecule has 4 rings (SSSR count). The van der Waals surface area contributed by atoms with Gasteiger partial charge in [0.15, 0.2) is 0 Å². The third-order valence-electron chi connectivity index (χ3n) is 5.76. The monoisotopic (exact) mass is 402 g/mol. The molecule has 30 heavy (non-hydrogen) atoms. The van der Waals surface area contributed by atoms with Gasteiger partial charge in [-0.05, 0) is 63.1 Å². The Hall–Kier alpha value is -3.34. The number of anilines is 1. The Bertz CT molecular complexity index is 1040. The molecule has 1 fully saturated rings. The molecular weight excluding hydrogens is 376 g/mol. The van der Waals surface area contributed by atoms with Crippen molar-refractivity contribution in [1.29, 1.82) is 0 Å². The molecule has 154 valence electrons. The molecule has 1 atom stereocenters. The second kappa shape index (κ2) is 8.19. The van der Waals surface area contributed by atoms with E-state index in [-0.39, 0.29) is 11.8 Å². The van der Waals surface area contributed by atoms with Crippen molar-refractivity contribution in [2.75, 3.05) is 18.4 Å². The molecule has 2 heterocycles. The number of hydrogen-bond donors (Lipinski definition) is 1. The summed E-state index contributed by atoms with van der Waals surface area (Å²) in [7, 11) is 0. The molecule has 5 heteroatoms. The SMILES string of the molecule is Cc1ccc(NC(=O)C2(C)CCCN(C(=O)c3cccc(-c4ccco4)c3)C2)cc1. The lowest BCUT2D eigenvalue weighted by Gasteiger charge is -2.39. The van der Waals surface area contributed by atoms with Crippen LogP contribution in [-0.4, -0.2) is 29.8 Å². The van der Waals surface area contributed by atoms with Crippen LogP contribution in [0.1, 0.15) is 35.7 Å². The van der Waals surface area contributed by atoms with E-state index in [1.807, 2.05) is 74.5 Å². The highest BCUT2D eigenvalue weighted by Crippen LogP contribution is 2.32. The van der Waals surface area contributed by atoms with Crippen molar-refractivity contribution in [3.8, 4) is 11.3 Å². The van der Waals surface area contributed by atoms with E-state index in [1.54, 1.807) is 11.2 Å². The lowest BCUT2D eigenvalue weighted by molar-refractivity contribution is -0.127. The van der Waals surface area contributed by atoms with E-state index >= 15 is 0 Å². The van der Waals surface area contributed by atoms with Crippen molar-refractivity contribution in [2.24, 2.45) is 5.41 Å². The standard InChI is InChI=1S/C25H26N2O3/c1-18-9-11-21(12-10-18)26-24(29)25(2)13-5-14-27(17-25)23(28)20-7-3-6-19(16-20)22-8-4-15-30-22/h3-4,6-12,15-16H,5,13-14,17H2,1-2H3,(H,26,29). The Morgan fingerprint density at radius 2 is 1.87 bits per heavy atom. The summed E-state index contributed by atoms with van der Waals surface area (Å²) in [4.78, 5) is 28.0. The molecule has 0 radical (unpaired) electrons. The Morgan fingerprint density at radius 3 is 2.60 bits per heavy atom. The van der Waals surface area contributed by atoms with E-state index in [4.69, 9.17) is 4.42 Å². The summed E-state index contributed by atoms with van der Waals surface area (Å²) in [6, 6.07) is 18.9. The van der Waals surface area contributed by atoms with Gasteiger partial charge in [0.2, 0.25) is 5.91 Å². The largest absolute Gasteiger partial charge is 0.464 e. The molecule has 2 amide bonds. The van der Waals surface area contributed by atoms with Crippen LogP contribution in [0, 0.1) is 12.3 Å². The number of carbonyl (C=O) groups is 2. The van der Waals surface area contributed by atoms with Gasteiger partial charge in [0.25, 0.3) is 5.91 Å². The predicted octanol–water partition coefficient (Wildman–Crippen LogP) is 5.14. The normalized spacial score (nSPS) is 18.8. The smallest absolute Gasteiger partial charge is 0.253 e. The second-order valence-corrected chi connectivity index (χ2v) is 8.27. The van der Waals surface area contributed by atoms with Crippen LogP contribution in [0.25, 0.3) is 11.3 Å². The van der Waals surface area contributed by atoms with Crippen molar-refractivity contribution in [3.05, 3.63) is 78.1 Å². The van der Waals surface area contributed by atoms with Crippen molar-refractivity contribution in [3.63, 3.8) is 0 Å². The number of furan rings is 1. The topological polar surface area (TPSA) is 62.6 Å². The molecule has 0 aliphatic carbocycles. The zero-order valence-electron chi connectivity index (χ0n) is 17.4. The Kier molecular flexibility index (Phi) is 5.44. The van der Waals surface area contributed by atoms with Crippen molar-refractivity contribution < 1.29 is 14.0 Å². The first-order chi connectivity index (χ1) is 14.4. The second-order valence-electron chi connectivity index (χ2n) is 8.27. The quantitative estimate of drug-likeness (QED) is 0.658. The Balaban J connectivity index is 1.49. The third kappa shape index (κ3) is 4.15. The molecule has 2 aromatic carbocycles. The summed E-state index contributed by atoms with van der Waals surface area (Å²) in [5.74, 6) is 0.622. The third-order valence-corrected chi connectivity index (χ3v) is 5.76. The molecule has 3 aromatic rings. The van der Waals surface area contributed by atoms with Crippen LogP contribution in [0.5, 0.6) is 0 Å². The average molecular weight is 402 g/mol. The molecule has 0 saturated carbocycles. The van der Waals surface area contributed by atoms with Gasteiger partial charge in [-0.15, -0.1) is 0 Å². The Labute approximate surface area is 176 Å². The summed E-state index contributed by atoms with van der Waals surface area (Å²) < 4.78 is 5.45. The number of amides is 2. The van der Waals surface area contributed by atoms with Crippen molar-refractivity contribution in [2.45, 2.75) is 26.7 Å². The number of nitrogens with zero attached hydrogens (tertiary/aromatic N) is 1. The minimum absolute atomic E-state index is 0.0480. The van der Waals surface area contributed by atoms with Crippen LogP contribution in [0.4, 0.5) is 5.69 Å². The number of aryl methyl sites for hydroxylation is 1. The van der Waals surface area contributed by atoms with Gasteiger partial charge in [0, 0.05) is 29.9 Å². The van der Waals surface area contributed by atoms with Gasteiger partial charge in [-0.25, -0.2) is 0 Å². The van der Waals surface area contributed by atoms with Gasteiger partial charge < -0.3 is 14.6 Å². The van der Waals surface area contributed by atoms with E-state index in [2.05, 4.69) is 5.32 Å². The van der Waals surface area contributed by atoms with Gasteiger partial charge in [-0.1, -0.05) is 29.8 Å². The maximum absolute atomic E-state index is 13.2. The molecular formula is C25H26N2O3. The van der Waals surface area contributed by atoms with Gasteiger partial charge in [0.1, 0.15) is 5.76 Å². The Morgan fingerprint density at radius 1 is 1.07 bits per heavy atom. The van der Waals surface area contributed by atoms with Crippen LogP contribution >= 0.6 is 0 Å². The minimum atomic E-state index is -0.628. The highest BCUT2D eigenvalue weighted by atomic mass is 16.3. The van der Waals surface area contributed by atoms with Gasteiger partial charge in [-0.2, -0.15) is 0 Å². The van der Waals surface area contributed by atoms with Gasteiger partial charge >= 0.3 is 0 Å². The van der Waals surface area contributed by atoms with Crippen molar-refractivity contribution >= 4 is 17.5 Å². The van der Waals surface area contributed by atoms with Gasteiger partial charge in [-0.3, -0.25) is 9.59 Å². The highest BCUT2D eigenvalue weighted by Gasteiger charge is 2.39. The maximum Gasteiger partial charge on any atom is 0.253 e. The molecule has 0 spiro atoms. The van der Waals surface area contributed by atoms with E-state index in [0.717, 1.165) is 35.4 Å². The van der Waals surface area contributed by atoms with Crippen LogP contribution in [0.3, 0.4) is 0 Å². The molecule has 1 aliphatic heterocycles. The number of piperidine rings is 1. The lowest BCUT2D eigenvalue weighted by atomic mass is 9.80. The number of likely N-dealkylation sites (tertiary alicyclic amines) is 1. The van der Waals surface area contributed by atoms with E-state index in [1.165, 1.54) is 0 Å². The summed E-state index contributed by atoms with van der Waals surface area (Å²) in [6.07, 6.45) is 3.16. The van der Waals surface area contributed by atoms with Crippen LogP contribution < -0.4 is 5.32 Å². The number of benzene rings is 2. The molecule has 0 bridgehead atoms. The first-order valence-corrected chi connectivity index (χ1v) is 10.3. The number of nitrogens with one attached hydrogen (secondary N) is 1. The lowest BCUT2D eigenvalue weighted by Crippen LogP contribution is -2.50. The number of carbonyl (C=O) groups excluding carboxylic acids is 2. The predicted molar refractivity (Wildman–Crippen MR) is 117 cm³/mol. The fourth-order valence-electron chi connectivity index (χ4n) is 3.95. The summed E-state index contributed by atoms with van der Waals surface area (Å²) in [5, 5.41) is 3.02. The van der Waals surface area contributed by atoms with Crippen LogP contribution in [0.2, 0.25) is 0 Å². The van der Waals surface area contributed by atoms with E-state index < -0.39 is 5.41 Å². The highest BCUT2D eigenvalue weighted by molar-refractivity contribution is 5.98. The van der Waals surface area contributed by atoms with Crippen LogP contribution in [0.15, 0.2) is 71.3 Å². The van der Waals surface area contributed by atoms with Gasteiger partial charge in [0.05, 0.1) is 11.7 Å². The maximum atomic E-state index is 13.2. The molecule has 5 nitrogen and oxygen atoms in total. The zero-order valence-corrected chi connectivity index (χ0v) is 17.4. The molecule has 1 aromatic heterocycles. The molecule has 1 saturated heterocycles. The first kappa shape index (κ1) is 20.0. The first-order valence-electron chi connectivity index (χ1n) is 10.3. The average Bonchev–Trinajstić information content (AvgIpc) is 3.30. The van der Waals surface area contributed by atoms with Crippen LogP contribution in [-0.2, 0) is 4.79 Å². The van der Waals surface area contributed by atoms with E-state index in [9.17, 15) is 9.59 Å². The molecule has 1 unspecified atom stereocenters. The minimum Gasteiger partial charge on any atom is -0.464 e. The fourth-order valence-corrected chi connectivity index (χ4v) is 3.95. The summed E-state index contributed by atoms with van der Waals surface area (Å²) in [6.45, 7) is 5.00. The fraction of sp³-hybridized carbons (Fsp3) is 0.280. The molecule has 1 N–H and O–H groups in total. The number of rotatable bonds is 4.